The first-order valence-corrected chi connectivity index (χ1v) is 6.58. The van der Waals surface area contributed by atoms with Gasteiger partial charge >= 0.3 is 5.97 Å². The molecule has 0 amide bonds. The topological polar surface area (TPSA) is 43.4 Å². The zero-order valence-electron chi connectivity index (χ0n) is 11.5. The number of ketones is 1. The van der Waals surface area contributed by atoms with E-state index < -0.39 is 5.97 Å². The average molecular weight is 250 g/mol. The number of allylic oxidation sites excluding steroid dienone is 4. The molecule has 0 heterocycles. The molecular formula is C15H22O3. The van der Waals surface area contributed by atoms with Crippen molar-refractivity contribution in [2.45, 2.75) is 46.5 Å². The van der Waals surface area contributed by atoms with Crippen LogP contribution in [0.15, 0.2) is 23.3 Å². The Morgan fingerprint density at radius 3 is 2.78 bits per heavy atom. The molecule has 0 aromatic rings. The lowest BCUT2D eigenvalue weighted by molar-refractivity contribution is -0.145. The summed E-state index contributed by atoms with van der Waals surface area (Å²) in [5.74, 6) is -0.275. The van der Waals surface area contributed by atoms with Crippen molar-refractivity contribution in [3.8, 4) is 0 Å². The Hall–Kier alpha value is -1.38. The fourth-order valence-corrected chi connectivity index (χ4v) is 2.28. The third-order valence-corrected chi connectivity index (χ3v) is 3.19. The van der Waals surface area contributed by atoms with Gasteiger partial charge in [-0.25, -0.2) is 0 Å². The highest BCUT2D eigenvalue weighted by Crippen LogP contribution is 2.27. The van der Waals surface area contributed by atoms with Crippen LogP contribution in [0.4, 0.5) is 0 Å². The van der Waals surface area contributed by atoms with Crippen molar-refractivity contribution < 1.29 is 14.3 Å². The van der Waals surface area contributed by atoms with Crippen LogP contribution in [-0.2, 0) is 14.3 Å². The molecule has 0 N–H and O–H groups in total. The van der Waals surface area contributed by atoms with Gasteiger partial charge in [-0.2, -0.15) is 0 Å². The predicted octanol–water partition coefficient (Wildman–Crippen LogP) is 3.20. The normalized spacial score (nSPS) is 16.6. The Bertz CT molecular complexity index is 377. The number of carbonyl (C=O) groups excluding carboxylic acids is 2. The minimum Gasteiger partial charge on any atom is -0.466 e. The summed E-state index contributed by atoms with van der Waals surface area (Å²) in [4.78, 5) is 22.9. The van der Waals surface area contributed by atoms with Crippen LogP contribution >= 0.6 is 0 Å². The van der Waals surface area contributed by atoms with Crippen LogP contribution in [0, 0.1) is 5.92 Å². The number of esters is 1. The molecule has 0 fully saturated rings. The molecule has 0 aromatic heterocycles. The van der Waals surface area contributed by atoms with E-state index in [4.69, 9.17) is 4.74 Å². The van der Waals surface area contributed by atoms with Crippen molar-refractivity contribution in [1.29, 1.82) is 0 Å². The molecule has 3 nitrogen and oxygen atoms in total. The number of hydrogen-bond donors (Lipinski definition) is 0. The number of carbonyl (C=O) groups is 2. The molecule has 18 heavy (non-hydrogen) atoms. The van der Waals surface area contributed by atoms with Gasteiger partial charge in [0.05, 0.1) is 6.61 Å². The summed E-state index contributed by atoms with van der Waals surface area (Å²) in [6, 6.07) is 0. The van der Waals surface area contributed by atoms with E-state index in [1.165, 1.54) is 11.1 Å². The third kappa shape index (κ3) is 4.47. The fraction of sp³-hybridized carbons (Fsp3) is 0.600. The summed E-state index contributed by atoms with van der Waals surface area (Å²) in [6.07, 6.45) is 6.72. The SMILES string of the molecule is CCOC(=O)CC(=O)CC(C)C1=C(C)CCC=C1. The quantitative estimate of drug-likeness (QED) is 0.537. The first kappa shape index (κ1) is 14.7. The van der Waals surface area contributed by atoms with Gasteiger partial charge < -0.3 is 4.74 Å². The van der Waals surface area contributed by atoms with Gasteiger partial charge in [-0.1, -0.05) is 24.6 Å². The molecular weight excluding hydrogens is 228 g/mol. The fourth-order valence-electron chi connectivity index (χ4n) is 2.28. The minimum atomic E-state index is -0.417. The number of Topliss-reactive ketones (excluding diaryl/α,β-unsaturated/α-hetero) is 1. The maximum absolute atomic E-state index is 11.7. The van der Waals surface area contributed by atoms with Crippen LogP contribution < -0.4 is 0 Å². The second kappa shape index (κ2) is 7.14. The maximum atomic E-state index is 11.7. The lowest BCUT2D eigenvalue weighted by atomic mass is 9.87. The third-order valence-electron chi connectivity index (χ3n) is 3.19. The van der Waals surface area contributed by atoms with Crippen molar-refractivity contribution in [2.24, 2.45) is 5.92 Å². The maximum Gasteiger partial charge on any atom is 0.313 e. The lowest BCUT2D eigenvalue weighted by Gasteiger charge is -2.18. The van der Waals surface area contributed by atoms with E-state index in [-0.39, 0.29) is 18.1 Å². The number of ether oxygens (including phenoxy) is 1. The minimum absolute atomic E-state index is 0.0415. The van der Waals surface area contributed by atoms with Crippen LogP contribution in [0.1, 0.15) is 46.5 Å². The summed E-state index contributed by atoms with van der Waals surface area (Å²) in [5, 5.41) is 0. The van der Waals surface area contributed by atoms with Crippen molar-refractivity contribution in [2.75, 3.05) is 6.61 Å². The Kier molecular flexibility index (Phi) is 5.83. The van der Waals surface area contributed by atoms with E-state index in [0.717, 1.165) is 12.8 Å². The summed E-state index contributed by atoms with van der Waals surface area (Å²) in [6.45, 7) is 6.23. The Morgan fingerprint density at radius 1 is 1.44 bits per heavy atom. The van der Waals surface area contributed by atoms with Crippen LogP contribution in [-0.4, -0.2) is 18.4 Å². The Balaban J connectivity index is 2.49. The summed E-state index contributed by atoms with van der Waals surface area (Å²) < 4.78 is 4.77. The average Bonchev–Trinajstić information content (AvgIpc) is 2.29. The second-order valence-corrected chi connectivity index (χ2v) is 4.80. The monoisotopic (exact) mass is 250 g/mol. The van der Waals surface area contributed by atoms with E-state index in [0.29, 0.717) is 13.0 Å². The van der Waals surface area contributed by atoms with Gasteiger partial charge in [0.2, 0.25) is 0 Å². The smallest absolute Gasteiger partial charge is 0.313 e. The first-order chi connectivity index (χ1) is 8.54. The zero-order valence-corrected chi connectivity index (χ0v) is 11.5. The van der Waals surface area contributed by atoms with Crippen LogP contribution in [0.25, 0.3) is 0 Å². The first-order valence-electron chi connectivity index (χ1n) is 6.58. The molecule has 1 atom stereocenters. The van der Waals surface area contributed by atoms with E-state index in [2.05, 4.69) is 19.1 Å². The van der Waals surface area contributed by atoms with E-state index in [1.54, 1.807) is 6.92 Å². The molecule has 1 rings (SSSR count). The van der Waals surface area contributed by atoms with E-state index in [9.17, 15) is 9.59 Å². The van der Waals surface area contributed by atoms with E-state index in [1.807, 2.05) is 6.92 Å². The molecule has 0 saturated carbocycles. The highest BCUT2D eigenvalue weighted by atomic mass is 16.5. The van der Waals surface area contributed by atoms with Gasteiger partial charge in [0.15, 0.2) is 0 Å². The zero-order chi connectivity index (χ0) is 13.5. The highest BCUT2D eigenvalue weighted by Gasteiger charge is 2.18. The van der Waals surface area contributed by atoms with Gasteiger partial charge in [0, 0.05) is 6.42 Å². The molecule has 0 aromatic carbocycles. The molecule has 0 spiro atoms. The van der Waals surface area contributed by atoms with Crippen molar-refractivity contribution in [3.63, 3.8) is 0 Å². The van der Waals surface area contributed by atoms with Crippen LogP contribution in [0.5, 0.6) is 0 Å². The second-order valence-electron chi connectivity index (χ2n) is 4.80. The van der Waals surface area contributed by atoms with Crippen molar-refractivity contribution >= 4 is 11.8 Å². The standard InChI is InChI=1S/C15H22O3/c1-4-18-15(17)10-13(16)9-12(3)14-8-6-5-7-11(14)2/h6,8,12H,4-5,7,9-10H2,1-3H3. The van der Waals surface area contributed by atoms with Crippen LogP contribution in [0.3, 0.4) is 0 Å². The van der Waals surface area contributed by atoms with E-state index >= 15 is 0 Å². The van der Waals surface area contributed by atoms with Crippen LogP contribution in [0.2, 0.25) is 0 Å². The molecule has 0 aliphatic heterocycles. The Labute approximate surface area is 109 Å². The van der Waals surface area contributed by atoms with Gasteiger partial charge in [-0.15, -0.1) is 0 Å². The molecule has 1 aliphatic rings. The molecule has 0 bridgehead atoms. The molecule has 0 radical (unpaired) electrons. The molecule has 0 saturated heterocycles. The number of hydrogen-bond acceptors (Lipinski definition) is 3. The van der Waals surface area contributed by atoms with Gasteiger partial charge in [0.1, 0.15) is 12.2 Å². The lowest BCUT2D eigenvalue weighted by Crippen LogP contribution is -2.15. The molecule has 100 valence electrons. The summed E-state index contributed by atoms with van der Waals surface area (Å²) in [5.41, 5.74) is 2.60. The molecule has 1 unspecified atom stereocenters. The molecule has 3 heteroatoms. The molecule has 1 aliphatic carbocycles. The Morgan fingerprint density at radius 2 is 2.17 bits per heavy atom. The largest absolute Gasteiger partial charge is 0.466 e. The summed E-state index contributed by atoms with van der Waals surface area (Å²) in [7, 11) is 0. The highest BCUT2D eigenvalue weighted by molar-refractivity contribution is 5.95. The predicted molar refractivity (Wildman–Crippen MR) is 71.1 cm³/mol. The van der Waals surface area contributed by atoms with Gasteiger partial charge in [-0.3, -0.25) is 9.59 Å². The van der Waals surface area contributed by atoms with Crippen molar-refractivity contribution in [3.05, 3.63) is 23.3 Å². The number of rotatable bonds is 6. The van der Waals surface area contributed by atoms with Gasteiger partial charge in [-0.05, 0) is 38.2 Å². The van der Waals surface area contributed by atoms with Crippen molar-refractivity contribution in [1.82, 2.24) is 0 Å². The summed E-state index contributed by atoms with van der Waals surface area (Å²) >= 11 is 0. The van der Waals surface area contributed by atoms with Gasteiger partial charge in [0.25, 0.3) is 0 Å².